The van der Waals surface area contributed by atoms with Crippen LogP contribution in [0.1, 0.15) is 18.1 Å². The van der Waals surface area contributed by atoms with Crippen LogP contribution in [0.15, 0.2) is 54.6 Å². The molecule has 0 bridgehead atoms. The van der Waals surface area contributed by atoms with Crippen LogP contribution < -0.4 is 11.1 Å². The number of rotatable bonds is 10. The number of nitro groups is 1. The molecule has 2 aromatic rings. The van der Waals surface area contributed by atoms with Crippen molar-refractivity contribution in [1.29, 1.82) is 0 Å². The number of carbonyl (C=O) groups excluding carboxylic acids is 2. The first kappa shape index (κ1) is 24.8. The molecule has 3 atom stereocenters. The van der Waals surface area contributed by atoms with Crippen LogP contribution in [0.5, 0.6) is 0 Å². The summed E-state index contributed by atoms with van der Waals surface area (Å²) in [5, 5.41) is 23.3. The second kappa shape index (κ2) is 10.7. The van der Waals surface area contributed by atoms with Gasteiger partial charge in [0.1, 0.15) is 18.8 Å². The van der Waals surface area contributed by atoms with Crippen LogP contribution in [0, 0.1) is 10.1 Å². The van der Waals surface area contributed by atoms with Crippen LogP contribution in [-0.4, -0.2) is 46.0 Å². The topological polar surface area (TPSA) is 145 Å². The number of non-ortho nitro benzene ring substituents is 1. The molecule has 172 valence electrons. The van der Waals surface area contributed by atoms with Gasteiger partial charge in [0.25, 0.3) is 11.6 Å². The van der Waals surface area contributed by atoms with Crippen LogP contribution in [0.3, 0.4) is 0 Å². The molecule has 0 aliphatic carbocycles. The molecule has 0 radical (unpaired) electrons. The molecule has 0 aromatic heterocycles. The standard InChI is InChI=1S/C21H23F2N3O6/c1-13(27)18(24)21(22,23)19(28)17(11-14-7-9-16(10-8-14)26(30)31)25-20(29)32-12-15-5-3-2-4-6-15/h2-10,17-19,28H,11-12,24H2,1H3,(H,25,29). The Morgan fingerprint density at radius 3 is 2.28 bits per heavy atom. The maximum absolute atomic E-state index is 14.6. The highest BCUT2D eigenvalue weighted by Gasteiger charge is 2.50. The molecule has 0 saturated heterocycles. The summed E-state index contributed by atoms with van der Waals surface area (Å²) in [5.74, 6) is -5.11. The van der Waals surface area contributed by atoms with Gasteiger partial charge in [0, 0.05) is 12.1 Å². The van der Waals surface area contributed by atoms with E-state index in [9.17, 15) is 33.6 Å². The Labute approximate surface area is 182 Å². The Morgan fingerprint density at radius 2 is 1.75 bits per heavy atom. The van der Waals surface area contributed by atoms with Crippen LogP contribution in [0.25, 0.3) is 0 Å². The van der Waals surface area contributed by atoms with E-state index >= 15 is 0 Å². The molecule has 11 heteroatoms. The third-order valence-corrected chi connectivity index (χ3v) is 4.75. The minimum absolute atomic E-state index is 0.142. The van der Waals surface area contributed by atoms with Gasteiger partial charge in [0.2, 0.25) is 0 Å². The molecule has 1 amide bonds. The molecule has 2 rings (SSSR count). The molecule has 0 spiro atoms. The van der Waals surface area contributed by atoms with E-state index in [0.29, 0.717) is 11.1 Å². The van der Waals surface area contributed by atoms with Crippen LogP contribution >= 0.6 is 0 Å². The number of nitro benzene ring substituents is 1. The van der Waals surface area contributed by atoms with E-state index in [1.807, 2.05) is 0 Å². The van der Waals surface area contributed by atoms with Gasteiger partial charge >= 0.3 is 6.09 Å². The van der Waals surface area contributed by atoms with E-state index in [0.717, 1.165) is 19.1 Å². The number of halogens is 2. The van der Waals surface area contributed by atoms with Crippen molar-refractivity contribution in [2.45, 2.75) is 44.1 Å². The highest BCUT2D eigenvalue weighted by atomic mass is 19.3. The number of nitrogens with one attached hydrogen (secondary N) is 1. The van der Waals surface area contributed by atoms with Gasteiger partial charge < -0.3 is 20.9 Å². The molecule has 0 aliphatic heterocycles. The molecule has 0 aliphatic rings. The van der Waals surface area contributed by atoms with Crippen molar-refractivity contribution in [2.24, 2.45) is 5.73 Å². The first-order chi connectivity index (χ1) is 15.0. The second-order valence-corrected chi connectivity index (χ2v) is 7.15. The highest BCUT2D eigenvalue weighted by Crippen LogP contribution is 2.27. The van der Waals surface area contributed by atoms with Crippen molar-refractivity contribution in [2.75, 3.05) is 0 Å². The largest absolute Gasteiger partial charge is 0.445 e. The fourth-order valence-electron chi connectivity index (χ4n) is 2.89. The zero-order valence-corrected chi connectivity index (χ0v) is 17.1. The zero-order chi connectivity index (χ0) is 23.9. The number of ether oxygens (including phenoxy) is 1. The number of hydrogen-bond acceptors (Lipinski definition) is 7. The highest BCUT2D eigenvalue weighted by molar-refractivity contribution is 5.82. The monoisotopic (exact) mass is 451 g/mol. The summed E-state index contributed by atoms with van der Waals surface area (Å²) in [6.07, 6.45) is -3.95. The molecule has 4 N–H and O–H groups in total. The fraction of sp³-hybridized carbons (Fsp3) is 0.333. The number of aliphatic hydroxyl groups excluding tert-OH is 1. The van der Waals surface area contributed by atoms with Gasteiger partial charge in [-0.05, 0) is 24.5 Å². The Balaban J connectivity index is 2.19. The van der Waals surface area contributed by atoms with Crippen molar-refractivity contribution in [3.05, 3.63) is 75.8 Å². The van der Waals surface area contributed by atoms with Crippen LogP contribution in [0.2, 0.25) is 0 Å². The number of amides is 1. The third-order valence-electron chi connectivity index (χ3n) is 4.75. The number of benzene rings is 2. The zero-order valence-electron chi connectivity index (χ0n) is 17.1. The fourth-order valence-corrected chi connectivity index (χ4v) is 2.89. The van der Waals surface area contributed by atoms with Gasteiger partial charge in [-0.15, -0.1) is 0 Å². The summed E-state index contributed by atoms with van der Waals surface area (Å²) < 4.78 is 34.2. The molecule has 0 fully saturated rings. The van der Waals surface area contributed by atoms with Gasteiger partial charge in [0.15, 0.2) is 5.78 Å². The Hall–Kier alpha value is -3.44. The number of alkyl halides is 2. The lowest BCUT2D eigenvalue weighted by molar-refractivity contribution is -0.384. The maximum Gasteiger partial charge on any atom is 0.407 e. The van der Waals surface area contributed by atoms with Crippen molar-refractivity contribution in [1.82, 2.24) is 5.32 Å². The van der Waals surface area contributed by atoms with Crippen molar-refractivity contribution in [3.8, 4) is 0 Å². The van der Waals surface area contributed by atoms with Crippen LogP contribution in [-0.2, 0) is 22.6 Å². The minimum Gasteiger partial charge on any atom is -0.445 e. The number of aliphatic hydroxyl groups is 1. The molecular formula is C21H23F2N3O6. The first-order valence-corrected chi connectivity index (χ1v) is 9.54. The van der Waals surface area contributed by atoms with Gasteiger partial charge in [0.05, 0.1) is 11.0 Å². The van der Waals surface area contributed by atoms with E-state index < -0.39 is 40.9 Å². The van der Waals surface area contributed by atoms with Crippen LogP contribution in [0.4, 0.5) is 19.3 Å². The molecule has 3 unspecified atom stereocenters. The summed E-state index contributed by atoms with van der Waals surface area (Å²) in [6.45, 7) is 0.717. The normalized spacial score (nSPS) is 14.2. The second-order valence-electron chi connectivity index (χ2n) is 7.15. The van der Waals surface area contributed by atoms with E-state index in [4.69, 9.17) is 10.5 Å². The van der Waals surface area contributed by atoms with E-state index in [1.54, 1.807) is 30.3 Å². The summed E-state index contributed by atoms with van der Waals surface area (Å²) in [7, 11) is 0. The lowest BCUT2D eigenvalue weighted by atomic mass is 9.92. The average molecular weight is 451 g/mol. The molecule has 32 heavy (non-hydrogen) atoms. The lowest BCUT2D eigenvalue weighted by Crippen LogP contribution is -2.60. The Bertz CT molecular complexity index is 940. The third kappa shape index (κ3) is 6.53. The van der Waals surface area contributed by atoms with Gasteiger partial charge in [-0.3, -0.25) is 14.9 Å². The molecule has 0 heterocycles. The smallest absolute Gasteiger partial charge is 0.407 e. The minimum atomic E-state index is -4.07. The SMILES string of the molecule is CC(=O)C(N)C(F)(F)C(O)C(Cc1ccc([N+](=O)[O-])cc1)NC(=O)OCc1ccccc1. The Kier molecular flexibility index (Phi) is 8.33. The lowest BCUT2D eigenvalue weighted by Gasteiger charge is -2.32. The predicted molar refractivity (Wildman–Crippen MR) is 110 cm³/mol. The summed E-state index contributed by atoms with van der Waals surface area (Å²) >= 11 is 0. The van der Waals surface area contributed by atoms with Crippen molar-refractivity contribution >= 4 is 17.6 Å². The predicted octanol–water partition coefficient (Wildman–Crippen LogP) is 2.34. The quantitative estimate of drug-likeness (QED) is 0.371. The van der Waals surface area contributed by atoms with Gasteiger partial charge in [-0.1, -0.05) is 42.5 Å². The van der Waals surface area contributed by atoms with Gasteiger partial charge in [-0.25, -0.2) is 13.6 Å². The Morgan fingerprint density at radius 1 is 1.16 bits per heavy atom. The summed E-state index contributed by atoms with van der Waals surface area (Å²) in [4.78, 5) is 33.8. The summed E-state index contributed by atoms with van der Waals surface area (Å²) in [6, 6.07) is 9.61. The number of carbonyl (C=O) groups is 2. The van der Waals surface area contributed by atoms with E-state index in [-0.39, 0.29) is 18.7 Å². The number of nitrogens with zero attached hydrogens (tertiary/aromatic N) is 1. The summed E-state index contributed by atoms with van der Waals surface area (Å²) in [5.41, 5.74) is 6.02. The first-order valence-electron chi connectivity index (χ1n) is 9.54. The number of nitrogens with two attached hydrogens (primary N) is 1. The molecular weight excluding hydrogens is 428 g/mol. The number of Topliss-reactive ketones (excluding diaryl/α,β-unsaturated/α-hetero) is 1. The molecule has 9 nitrogen and oxygen atoms in total. The maximum atomic E-state index is 14.6. The van der Waals surface area contributed by atoms with Crippen molar-refractivity contribution < 1.29 is 33.1 Å². The van der Waals surface area contributed by atoms with E-state index in [2.05, 4.69) is 5.32 Å². The average Bonchev–Trinajstić information content (AvgIpc) is 2.77. The number of ketones is 1. The van der Waals surface area contributed by atoms with Gasteiger partial charge in [-0.2, -0.15) is 0 Å². The molecule has 2 aromatic carbocycles. The van der Waals surface area contributed by atoms with E-state index in [1.165, 1.54) is 12.1 Å². The van der Waals surface area contributed by atoms with Crippen molar-refractivity contribution in [3.63, 3.8) is 0 Å². The number of hydrogen-bond donors (Lipinski definition) is 3. The molecule has 0 saturated carbocycles. The number of alkyl carbamates (subject to hydrolysis) is 1.